The highest BCUT2D eigenvalue weighted by atomic mass is 127. The van der Waals surface area contributed by atoms with E-state index in [-0.39, 0.29) is 31.4 Å². The average Bonchev–Trinajstić information content (AvgIpc) is 3.15. The van der Waals surface area contributed by atoms with Crippen molar-refractivity contribution in [3.63, 3.8) is 0 Å². The molecule has 1 fully saturated rings. The highest BCUT2D eigenvalue weighted by Gasteiger charge is 2.64. The van der Waals surface area contributed by atoms with E-state index in [1.54, 1.807) is 57.2 Å². The minimum absolute atomic E-state index is 0.0116. The van der Waals surface area contributed by atoms with Crippen molar-refractivity contribution < 1.29 is 23.9 Å². The van der Waals surface area contributed by atoms with Gasteiger partial charge >= 0.3 is 5.97 Å². The molecule has 3 aromatic carbocycles. The summed E-state index contributed by atoms with van der Waals surface area (Å²) in [5.41, 5.74) is 0.321. The molecule has 43 heavy (non-hydrogen) atoms. The van der Waals surface area contributed by atoms with Gasteiger partial charge in [-0.2, -0.15) is 0 Å². The van der Waals surface area contributed by atoms with Crippen LogP contribution < -0.4 is 15.0 Å². The summed E-state index contributed by atoms with van der Waals surface area (Å²) >= 11 is 15.1. The lowest BCUT2D eigenvalue weighted by Gasteiger charge is -2.47. The van der Waals surface area contributed by atoms with Gasteiger partial charge < -0.3 is 14.8 Å². The normalized spacial score (nSPS) is 21.4. The molecule has 2 aliphatic rings. The van der Waals surface area contributed by atoms with Crippen molar-refractivity contribution in [3.05, 3.63) is 104 Å². The maximum absolute atomic E-state index is 15.2. The first-order valence-electron chi connectivity index (χ1n) is 13.8. The number of carbonyl (C=O) groups excluding carboxylic acids is 3. The van der Waals surface area contributed by atoms with Gasteiger partial charge in [0.15, 0.2) is 0 Å². The van der Waals surface area contributed by atoms with Gasteiger partial charge in [-0.1, -0.05) is 54.1 Å². The molecule has 2 aliphatic heterocycles. The van der Waals surface area contributed by atoms with E-state index in [0.717, 1.165) is 9.13 Å². The molecule has 0 aromatic heterocycles. The lowest BCUT2D eigenvalue weighted by Crippen LogP contribution is -2.58. The molecule has 7 nitrogen and oxygen atoms in total. The molecule has 0 saturated carbocycles. The van der Waals surface area contributed by atoms with Crippen molar-refractivity contribution in [2.24, 2.45) is 0 Å². The zero-order valence-electron chi connectivity index (χ0n) is 24.0. The highest BCUT2D eigenvalue weighted by Crippen LogP contribution is 2.60. The second kappa shape index (κ2) is 12.1. The van der Waals surface area contributed by atoms with Gasteiger partial charge in [-0.25, -0.2) is 0 Å². The summed E-state index contributed by atoms with van der Waals surface area (Å²) in [5, 5.41) is 4.02. The quantitative estimate of drug-likeness (QED) is 0.159. The van der Waals surface area contributed by atoms with Gasteiger partial charge in [0.1, 0.15) is 29.9 Å². The summed E-state index contributed by atoms with van der Waals surface area (Å²) in [6.45, 7) is 8.97. The number of fused-ring (bicyclic) bond motifs is 2. The van der Waals surface area contributed by atoms with E-state index < -0.39 is 28.9 Å². The molecule has 0 aliphatic carbocycles. The maximum atomic E-state index is 15.2. The topological polar surface area (TPSA) is 84.9 Å². The van der Waals surface area contributed by atoms with Crippen LogP contribution in [0.1, 0.15) is 55.8 Å². The number of hydrogen-bond donors (Lipinski definition) is 1. The summed E-state index contributed by atoms with van der Waals surface area (Å²) in [6.07, 6.45) is 1.64. The van der Waals surface area contributed by atoms with Crippen molar-refractivity contribution in [2.45, 2.75) is 50.2 Å². The van der Waals surface area contributed by atoms with E-state index in [9.17, 15) is 9.59 Å². The first-order valence-corrected chi connectivity index (χ1v) is 15.6. The van der Waals surface area contributed by atoms with Crippen LogP contribution in [0.3, 0.4) is 0 Å². The lowest BCUT2D eigenvalue weighted by atomic mass is 9.59. The highest BCUT2D eigenvalue weighted by molar-refractivity contribution is 14.1. The average molecular weight is 733 g/mol. The third-order valence-electron chi connectivity index (χ3n) is 7.59. The molecule has 224 valence electrons. The standard InChI is InChI=1S/C33H31Cl2IN2O5/c1-5-13-42-27-12-10-22(36)16-23(27)30-33(25(17-28(39)37-30)19-7-6-8-20(34)14-19)24-11-9-21(35)15-26(24)38(31(33)41)18-29(40)43-32(2,3)4/h5-12,14-16,25,30H,1,13,17-18H2,2-4H3,(H,37,39)/t25-,30+,33-/m0/s1. The number of esters is 1. The third-order valence-corrected chi connectivity index (χ3v) is 8.73. The van der Waals surface area contributed by atoms with Gasteiger partial charge in [-0.3, -0.25) is 19.3 Å². The molecule has 5 rings (SSSR count). The third kappa shape index (κ3) is 6.01. The van der Waals surface area contributed by atoms with E-state index in [4.69, 9.17) is 32.7 Å². The summed E-state index contributed by atoms with van der Waals surface area (Å²) < 4.78 is 12.6. The Hall–Kier alpha value is -3.08. The fourth-order valence-electron chi connectivity index (χ4n) is 6.13. The fourth-order valence-corrected chi connectivity index (χ4v) is 7.02. The van der Waals surface area contributed by atoms with Crippen LogP contribution >= 0.6 is 45.8 Å². The molecule has 0 unspecified atom stereocenters. The molecule has 3 atom stereocenters. The molecule has 0 bridgehead atoms. The number of amides is 2. The maximum Gasteiger partial charge on any atom is 0.326 e. The molecule has 2 amide bonds. The van der Waals surface area contributed by atoms with Crippen molar-refractivity contribution in [2.75, 3.05) is 18.1 Å². The number of anilines is 1. The summed E-state index contributed by atoms with van der Waals surface area (Å²) in [4.78, 5) is 43.3. The molecule has 1 saturated heterocycles. The zero-order valence-corrected chi connectivity index (χ0v) is 27.6. The van der Waals surface area contributed by atoms with Gasteiger partial charge in [0.05, 0.1) is 11.7 Å². The Bertz CT molecular complexity index is 1620. The number of nitrogens with zero attached hydrogens (tertiary/aromatic N) is 1. The number of ether oxygens (including phenoxy) is 2. The molecule has 10 heteroatoms. The Morgan fingerprint density at radius 3 is 2.56 bits per heavy atom. The van der Waals surface area contributed by atoms with E-state index in [1.807, 2.05) is 30.3 Å². The molecule has 0 radical (unpaired) electrons. The van der Waals surface area contributed by atoms with Crippen molar-refractivity contribution in [3.8, 4) is 5.75 Å². The van der Waals surface area contributed by atoms with E-state index in [1.165, 1.54) is 4.90 Å². The van der Waals surface area contributed by atoms with Crippen LogP contribution in [0.4, 0.5) is 5.69 Å². The second-order valence-electron chi connectivity index (χ2n) is 11.6. The monoisotopic (exact) mass is 732 g/mol. The molecule has 1 spiro atoms. The van der Waals surface area contributed by atoms with Gasteiger partial charge in [0.25, 0.3) is 0 Å². The van der Waals surface area contributed by atoms with Crippen LogP contribution in [0.25, 0.3) is 0 Å². The predicted octanol–water partition coefficient (Wildman–Crippen LogP) is 7.13. The number of carbonyl (C=O) groups is 3. The largest absolute Gasteiger partial charge is 0.489 e. The van der Waals surface area contributed by atoms with Crippen LogP contribution in [0.15, 0.2) is 73.3 Å². The van der Waals surface area contributed by atoms with Crippen LogP contribution in [-0.2, 0) is 24.5 Å². The lowest BCUT2D eigenvalue weighted by molar-refractivity contribution is -0.154. The molecular formula is C33H31Cl2IN2O5. The Labute approximate surface area is 274 Å². The predicted molar refractivity (Wildman–Crippen MR) is 176 cm³/mol. The molecular weight excluding hydrogens is 702 g/mol. The summed E-state index contributed by atoms with van der Waals surface area (Å²) in [7, 11) is 0. The van der Waals surface area contributed by atoms with E-state index >= 15 is 4.79 Å². The van der Waals surface area contributed by atoms with Gasteiger partial charge in [-0.05, 0) is 97.0 Å². The zero-order chi connectivity index (χ0) is 31.1. The van der Waals surface area contributed by atoms with E-state index in [0.29, 0.717) is 32.6 Å². The Balaban J connectivity index is 1.80. The molecule has 2 heterocycles. The number of rotatable bonds is 7. The van der Waals surface area contributed by atoms with Crippen LogP contribution in [-0.4, -0.2) is 36.5 Å². The minimum atomic E-state index is -1.39. The molecule has 1 N–H and O–H groups in total. The number of hydrogen-bond acceptors (Lipinski definition) is 5. The Morgan fingerprint density at radius 1 is 1.12 bits per heavy atom. The fraction of sp³-hybridized carbons (Fsp3) is 0.303. The minimum Gasteiger partial charge on any atom is -0.489 e. The number of piperidine rings is 1. The number of nitrogens with one attached hydrogen (secondary N) is 1. The van der Waals surface area contributed by atoms with Gasteiger partial charge in [-0.15, -0.1) is 0 Å². The molecule has 3 aromatic rings. The van der Waals surface area contributed by atoms with Crippen molar-refractivity contribution in [1.82, 2.24) is 5.32 Å². The van der Waals surface area contributed by atoms with Gasteiger partial charge in [0, 0.05) is 31.5 Å². The summed E-state index contributed by atoms with van der Waals surface area (Å²) in [6, 6.07) is 17.2. The number of benzene rings is 3. The van der Waals surface area contributed by atoms with E-state index in [2.05, 4.69) is 34.5 Å². The van der Waals surface area contributed by atoms with Gasteiger partial charge in [0.2, 0.25) is 11.8 Å². The van der Waals surface area contributed by atoms with Crippen molar-refractivity contribution >= 4 is 69.3 Å². The Morgan fingerprint density at radius 2 is 1.86 bits per heavy atom. The smallest absolute Gasteiger partial charge is 0.326 e. The number of halogens is 3. The van der Waals surface area contributed by atoms with Crippen LogP contribution in [0, 0.1) is 3.57 Å². The van der Waals surface area contributed by atoms with Crippen LogP contribution in [0.5, 0.6) is 5.75 Å². The first kappa shape index (κ1) is 31.3. The second-order valence-corrected chi connectivity index (χ2v) is 13.7. The SMILES string of the molecule is C=CCOc1ccc(I)cc1[C@H]1NC(=O)C[C@@H](c2cccc(Cl)c2)[C@]12C(=O)N(CC(=O)OC(C)(C)C)c1cc(Cl)ccc12. The first-order chi connectivity index (χ1) is 20.3. The van der Waals surface area contributed by atoms with Crippen molar-refractivity contribution in [1.29, 1.82) is 0 Å². The van der Waals surface area contributed by atoms with Crippen LogP contribution in [0.2, 0.25) is 10.0 Å². The Kier molecular flexibility index (Phi) is 8.84. The summed E-state index contributed by atoms with van der Waals surface area (Å²) in [5.74, 6) is -1.30.